The second-order valence-electron chi connectivity index (χ2n) is 6.76. The average molecular weight is 426 g/mol. The zero-order valence-corrected chi connectivity index (χ0v) is 17.0. The largest absolute Gasteiger partial charge is 0.488 e. The number of hydrogen-bond acceptors (Lipinski definition) is 8. The van der Waals surface area contributed by atoms with E-state index in [9.17, 15) is 0 Å². The van der Waals surface area contributed by atoms with Crippen molar-refractivity contribution in [2.24, 2.45) is 20.0 Å². The summed E-state index contributed by atoms with van der Waals surface area (Å²) in [7, 11) is 0. The molecule has 5 rings (SSSR count). The molecule has 8 heteroatoms. The molecule has 3 aromatic carbocycles. The Morgan fingerprint density at radius 2 is 0.875 bits per heavy atom. The van der Waals surface area contributed by atoms with Gasteiger partial charge >= 0.3 is 0 Å². The van der Waals surface area contributed by atoms with Crippen LogP contribution in [-0.4, -0.2) is 38.4 Å². The fourth-order valence-electron chi connectivity index (χ4n) is 3.16. The molecule has 3 aromatic rings. The van der Waals surface area contributed by atoms with Gasteiger partial charge in [-0.3, -0.25) is 0 Å². The van der Waals surface area contributed by atoms with E-state index >= 15 is 0 Å². The van der Waals surface area contributed by atoms with Crippen molar-refractivity contribution in [3.8, 4) is 23.0 Å². The minimum absolute atomic E-state index is 0.318. The molecular formula is C24H18N4O4. The van der Waals surface area contributed by atoms with E-state index < -0.39 is 0 Å². The standard InChI is InChI=1S/C24H18N4O4/c1-3-7-21-17(5-1)25-15-27-19-13-20-24(14-23(19)31-11-9-29-21)32-12-10-30-22-8-4-2-6-18(22)26-16-28-20/h1-8,13-14H,9-12H2. The molecule has 0 N–H and O–H groups in total. The predicted molar refractivity (Wildman–Crippen MR) is 120 cm³/mol. The van der Waals surface area contributed by atoms with Gasteiger partial charge in [0.05, 0.1) is 0 Å². The molecule has 0 aliphatic carbocycles. The first-order valence-corrected chi connectivity index (χ1v) is 10.1. The van der Waals surface area contributed by atoms with Crippen molar-refractivity contribution in [3.05, 3.63) is 60.7 Å². The highest BCUT2D eigenvalue weighted by Crippen LogP contribution is 2.40. The second-order valence-corrected chi connectivity index (χ2v) is 6.76. The lowest BCUT2D eigenvalue weighted by atomic mass is 10.2. The maximum atomic E-state index is 5.91. The molecule has 0 unspecified atom stereocenters. The first-order valence-electron chi connectivity index (χ1n) is 10.1. The molecule has 0 bridgehead atoms. The maximum Gasteiger partial charge on any atom is 0.149 e. The van der Waals surface area contributed by atoms with Gasteiger partial charge in [0.25, 0.3) is 0 Å². The van der Waals surface area contributed by atoms with Crippen LogP contribution < -0.4 is 18.9 Å². The number of benzene rings is 3. The van der Waals surface area contributed by atoms with Crippen LogP contribution in [0.4, 0.5) is 22.7 Å². The number of rotatable bonds is 0. The van der Waals surface area contributed by atoms with Crippen molar-refractivity contribution in [2.45, 2.75) is 0 Å². The number of para-hydroxylation sites is 4. The summed E-state index contributed by atoms with van der Waals surface area (Å²) in [4.78, 5) is 17.3. The van der Waals surface area contributed by atoms with Crippen LogP contribution in [0.15, 0.2) is 80.6 Å². The lowest BCUT2D eigenvalue weighted by molar-refractivity contribution is 0.211. The summed E-state index contributed by atoms with van der Waals surface area (Å²) in [6.45, 7) is 1.33. The normalized spacial score (nSPS) is 14.5. The van der Waals surface area contributed by atoms with E-state index in [1.165, 1.54) is 0 Å². The van der Waals surface area contributed by atoms with Crippen LogP contribution in [0.25, 0.3) is 0 Å². The van der Waals surface area contributed by atoms with E-state index in [0.29, 0.717) is 72.2 Å². The van der Waals surface area contributed by atoms with Crippen LogP contribution in [-0.2, 0) is 0 Å². The molecule has 2 aliphatic rings. The molecule has 0 fully saturated rings. The lowest BCUT2D eigenvalue weighted by Gasteiger charge is -2.14. The summed E-state index contributed by atoms with van der Waals surface area (Å²) in [5, 5.41) is 0. The number of nitrogens with zero attached hydrogens (tertiary/aromatic N) is 4. The van der Waals surface area contributed by atoms with Crippen LogP contribution in [0.5, 0.6) is 23.0 Å². The van der Waals surface area contributed by atoms with Gasteiger partial charge in [0.1, 0.15) is 84.2 Å². The van der Waals surface area contributed by atoms with Crippen molar-refractivity contribution >= 4 is 34.8 Å². The molecule has 32 heavy (non-hydrogen) atoms. The van der Waals surface area contributed by atoms with Gasteiger partial charge in [0, 0.05) is 6.07 Å². The lowest BCUT2D eigenvalue weighted by Crippen LogP contribution is -2.10. The summed E-state index contributed by atoms with van der Waals surface area (Å²) in [6.07, 6.45) is 0. The van der Waals surface area contributed by atoms with Gasteiger partial charge < -0.3 is 18.9 Å². The van der Waals surface area contributed by atoms with E-state index in [-0.39, 0.29) is 0 Å². The Balaban J connectivity index is 1.56. The molecule has 0 saturated carbocycles. The Kier molecular flexibility index (Phi) is 5.62. The van der Waals surface area contributed by atoms with Crippen LogP contribution in [0.3, 0.4) is 0 Å². The van der Waals surface area contributed by atoms with E-state index in [1.807, 2.05) is 48.5 Å². The molecule has 0 radical (unpaired) electrons. The molecule has 2 heterocycles. The third-order valence-electron chi connectivity index (χ3n) is 4.65. The highest BCUT2D eigenvalue weighted by atomic mass is 16.5. The van der Waals surface area contributed by atoms with Gasteiger partial charge in [-0.2, -0.15) is 20.0 Å². The van der Waals surface area contributed by atoms with Crippen molar-refractivity contribution in [1.82, 2.24) is 0 Å². The minimum atomic E-state index is 0.318. The van der Waals surface area contributed by atoms with Crippen LogP contribution >= 0.6 is 0 Å². The topological polar surface area (TPSA) is 86.4 Å². The highest BCUT2D eigenvalue weighted by molar-refractivity contribution is 5.73. The van der Waals surface area contributed by atoms with Gasteiger partial charge in [0.15, 0.2) is 0 Å². The Bertz CT molecular complexity index is 1180. The monoisotopic (exact) mass is 426 g/mol. The summed E-state index contributed by atoms with van der Waals surface area (Å²) in [5.41, 5.74) is 2.30. The van der Waals surface area contributed by atoms with Crippen molar-refractivity contribution < 1.29 is 18.9 Å². The highest BCUT2D eigenvalue weighted by Gasteiger charge is 2.14. The molecule has 8 nitrogen and oxygen atoms in total. The minimum Gasteiger partial charge on any atom is -0.488 e. The third-order valence-corrected chi connectivity index (χ3v) is 4.65. The second kappa shape index (κ2) is 9.18. The maximum absolute atomic E-state index is 5.91. The Morgan fingerprint density at radius 1 is 0.469 bits per heavy atom. The zero-order valence-electron chi connectivity index (χ0n) is 17.0. The molecule has 0 amide bonds. The number of ether oxygens (including phenoxy) is 4. The van der Waals surface area contributed by atoms with Gasteiger partial charge in [-0.05, 0) is 30.3 Å². The molecule has 0 aromatic heterocycles. The molecular weight excluding hydrogens is 408 g/mol. The first kappa shape index (κ1) is 19.6. The van der Waals surface area contributed by atoms with Gasteiger partial charge in [-0.15, -0.1) is 0 Å². The Hall–Kier alpha value is -4.38. The van der Waals surface area contributed by atoms with Crippen molar-refractivity contribution in [1.29, 1.82) is 0 Å². The summed E-state index contributed by atoms with van der Waals surface area (Å²) >= 11 is 0. The van der Waals surface area contributed by atoms with E-state index in [4.69, 9.17) is 18.9 Å². The predicted octanol–water partition coefficient (Wildman–Crippen LogP) is 5.50. The summed E-state index contributed by atoms with van der Waals surface area (Å²) in [5.74, 6) is 2.30. The van der Waals surface area contributed by atoms with E-state index in [0.717, 1.165) is 0 Å². The van der Waals surface area contributed by atoms with Crippen molar-refractivity contribution in [3.63, 3.8) is 0 Å². The zero-order chi connectivity index (χ0) is 21.6. The molecule has 0 atom stereocenters. The van der Waals surface area contributed by atoms with Gasteiger partial charge in [-0.25, -0.2) is 0 Å². The van der Waals surface area contributed by atoms with Gasteiger partial charge in [0.2, 0.25) is 0 Å². The van der Waals surface area contributed by atoms with Crippen LogP contribution in [0.1, 0.15) is 0 Å². The van der Waals surface area contributed by atoms with Crippen molar-refractivity contribution in [2.75, 3.05) is 26.4 Å². The van der Waals surface area contributed by atoms with Crippen LogP contribution in [0, 0.1) is 0 Å². The fourth-order valence-corrected chi connectivity index (χ4v) is 3.16. The van der Waals surface area contributed by atoms with E-state index in [1.54, 1.807) is 12.1 Å². The number of aliphatic imine (C=N–C) groups is 4. The first-order chi connectivity index (χ1) is 15.9. The molecule has 0 saturated heterocycles. The Labute approximate surface area is 184 Å². The molecule has 2 aliphatic heterocycles. The van der Waals surface area contributed by atoms with Crippen LogP contribution in [0.2, 0.25) is 0 Å². The average Bonchev–Trinajstić information content (AvgIpc) is 2.88. The quantitative estimate of drug-likeness (QED) is 0.475. The van der Waals surface area contributed by atoms with Gasteiger partial charge in [-0.1, -0.05) is 24.3 Å². The fraction of sp³-hybridized carbons (Fsp3) is 0.167. The van der Waals surface area contributed by atoms with E-state index in [2.05, 4.69) is 32.0 Å². The SMILES string of the molecule is C1=Nc2ccccc2OCCOc2cc3c(cc2N=1)N=C=Nc1ccccc1OCCO3. The summed E-state index contributed by atoms with van der Waals surface area (Å²) < 4.78 is 23.4. The number of fused-ring (bicyclic) bond motifs is 4. The molecule has 158 valence electrons. The molecule has 0 spiro atoms. The Morgan fingerprint density at radius 3 is 1.38 bits per heavy atom. The number of hydrogen-bond donors (Lipinski definition) is 0. The third kappa shape index (κ3) is 4.37. The summed E-state index contributed by atoms with van der Waals surface area (Å²) in [6, 6.07) is 23.8. The smallest absolute Gasteiger partial charge is 0.149 e.